The molecule has 0 unspecified atom stereocenters. The fraction of sp³-hybridized carbons (Fsp3) is 0.600. The van der Waals surface area contributed by atoms with Crippen LogP contribution in [-0.2, 0) is 28.7 Å². The maximum absolute atomic E-state index is 11.4. The lowest BCUT2D eigenvalue weighted by Gasteiger charge is -2.10. The van der Waals surface area contributed by atoms with Gasteiger partial charge in [-0.2, -0.15) is 0 Å². The molecule has 0 aromatic carbocycles. The fourth-order valence-corrected chi connectivity index (χ4v) is 1.11. The molecule has 0 rings (SSSR count). The van der Waals surface area contributed by atoms with Crippen LogP contribution in [0.5, 0.6) is 0 Å². The summed E-state index contributed by atoms with van der Waals surface area (Å²) in [7, 11) is 0. The average Bonchev–Trinajstić information content (AvgIpc) is 2.40. The molecule has 0 heterocycles. The molecule has 0 saturated carbocycles. The van der Waals surface area contributed by atoms with E-state index in [0.717, 1.165) is 0 Å². The van der Waals surface area contributed by atoms with E-state index in [9.17, 15) is 14.4 Å². The molecule has 0 fully saturated rings. The minimum atomic E-state index is -1.76. The SMILES string of the molecule is CCOC(=O)/C(=N/OCC(=O)OCC(Cl)(Cl)Cl)C(=O)CCl. The van der Waals surface area contributed by atoms with Gasteiger partial charge in [-0.05, 0) is 6.92 Å². The molecule has 0 spiro atoms. The van der Waals surface area contributed by atoms with Crippen molar-refractivity contribution >= 4 is 69.8 Å². The van der Waals surface area contributed by atoms with Crippen molar-refractivity contribution in [2.45, 2.75) is 10.7 Å². The Morgan fingerprint density at radius 1 is 1.14 bits per heavy atom. The zero-order valence-electron chi connectivity index (χ0n) is 10.7. The molecule has 0 aliphatic rings. The van der Waals surface area contributed by atoms with Crippen LogP contribution in [0.3, 0.4) is 0 Å². The molecule has 0 N–H and O–H groups in total. The highest BCUT2D eigenvalue weighted by Crippen LogP contribution is 2.25. The van der Waals surface area contributed by atoms with Gasteiger partial charge in [-0.1, -0.05) is 40.0 Å². The Morgan fingerprint density at radius 3 is 2.24 bits per heavy atom. The average molecular weight is 383 g/mol. The highest BCUT2D eigenvalue weighted by molar-refractivity contribution is 6.68. The molecule has 0 atom stereocenters. The number of oxime groups is 1. The summed E-state index contributed by atoms with van der Waals surface area (Å²) in [4.78, 5) is 38.4. The normalized spacial score (nSPS) is 11.8. The molecule has 0 aromatic rings. The lowest BCUT2D eigenvalue weighted by atomic mass is 10.3. The van der Waals surface area contributed by atoms with Crippen molar-refractivity contribution in [2.24, 2.45) is 5.16 Å². The van der Waals surface area contributed by atoms with Crippen LogP contribution in [0, 0.1) is 0 Å². The first-order valence-corrected chi connectivity index (χ1v) is 7.06. The summed E-state index contributed by atoms with van der Waals surface area (Å²) in [5, 5.41) is 3.21. The maximum Gasteiger partial charge on any atom is 0.364 e. The first-order chi connectivity index (χ1) is 9.71. The number of carbonyl (C=O) groups is 3. The summed E-state index contributed by atoms with van der Waals surface area (Å²) in [5.41, 5.74) is -0.666. The molecule has 0 amide bonds. The molecule has 0 radical (unpaired) electrons. The van der Waals surface area contributed by atoms with Gasteiger partial charge < -0.3 is 14.3 Å². The molecule has 0 aliphatic heterocycles. The lowest BCUT2D eigenvalue weighted by Crippen LogP contribution is -2.28. The van der Waals surface area contributed by atoms with E-state index in [1.807, 2.05) is 0 Å². The van der Waals surface area contributed by atoms with Gasteiger partial charge in [-0.25, -0.2) is 9.59 Å². The third kappa shape index (κ3) is 9.73. The minimum absolute atomic E-state index is 0.0265. The van der Waals surface area contributed by atoms with Crippen LogP contribution in [-0.4, -0.2) is 52.9 Å². The van der Waals surface area contributed by atoms with Crippen LogP contribution in [0.15, 0.2) is 5.16 Å². The number of carbonyl (C=O) groups excluding carboxylic acids is 3. The number of ether oxygens (including phenoxy) is 2. The summed E-state index contributed by atoms with van der Waals surface area (Å²) in [5.74, 6) is -3.24. The van der Waals surface area contributed by atoms with Gasteiger partial charge in [0.2, 0.25) is 21.9 Å². The second-order valence-electron chi connectivity index (χ2n) is 3.27. The predicted octanol–water partition coefficient (Wildman–Crippen LogP) is 1.64. The van der Waals surface area contributed by atoms with E-state index >= 15 is 0 Å². The summed E-state index contributed by atoms with van der Waals surface area (Å²) in [6.07, 6.45) is 0. The van der Waals surface area contributed by atoms with Gasteiger partial charge in [0.1, 0.15) is 6.61 Å². The highest BCUT2D eigenvalue weighted by Gasteiger charge is 2.24. The molecule has 0 aromatic heterocycles. The summed E-state index contributed by atoms with van der Waals surface area (Å²) in [6.45, 7) is 0.377. The number of hydrogen-bond acceptors (Lipinski definition) is 7. The van der Waals surface area contributed by atoms with Gasteiger partial charge in [0.05, 0.1) is 12.5 Å². The summed E-state index contributed by atoms with van der Waals surface area (Å²) >= 11 is 21.4. The molecule has 0 bridgehead atoms. The molecular weight excluding hydrogens is 372 g/mol. The van der Waals surface area contributed by atoms with E-state index in [4.69, 9.17) is 46.4 Å². The predicted molar refractivity (Wildman–Crippen MR) is 77.0 cm³/mol. The largest absolute Gasteiger partial charge is 0.461 e. The zero-order valence-corrected chi connectivity index (χ0v) is 13.8. The fourth-order valence-electron chi connectivity index (χ4n) is 0.818. The van der Waals surface area contributed by atoms with Gasteiger partial charge in [-0.15, -0.1) is 11.6 Å². The maximum atomic E-state index is 11.4. The van der Waals surface area contributed by atoms with Crippen LogP contribution < -0.4 is 0 Å². The van der Waals surface area contributed by atoms with E-state index in [1.165, 1.54) is 6.92 Å². The van der Waals surface area contributed by atoms with Crippen LogP contribution in [0.4, 0.5) is 0 Å². The second-order valence-corrected chi connectivity index (χ2v) is 6.05. The molecular formula is C10H11Cl4NO6. The number of hydrogen-bond donors (Lipinski definition) is 0. The highest BCUT2D eigenvalue weighted by atomic mass is 35.6. The van der Waals surface area contributed by atoms with Crippen molar-refractivity contribution < 1.29 is 28.7 Å². The topological polar surface area (TPSA) is 91.3 Å². The van der Waals surface area contributed by atoms with Crippen LogP contribution in [0.2, 0.25) is 0 Å². The van der Waals surface area contributed by atoms with Crippen molar-refractivity contribution in [1.82, 2.24) is 0 Å². The van der Waals surface area contributed by atoms with Crippen molar-refractivity contribution in [3.05, 3.63) is 0 Å². The van der Waals surface area contributed by atoms with Crippen molar-refractivity contribution in [3.8, 4) is 0 Å². The van der Waals surface area contributed by atoms with E-state index in [-0.39, 0.29) is 6.61 Å². The Kier molecular flexibility index (Phi) is 9.68. The molecule has 21 heavy (non-hydrogen) atoms. The van der Waals surface area contributed by atoms with Gasteiger partial charge in [-0.3, -0.25) is 4.79 Å². The van der Waals surface area contributed by atoms with Gasteiger partial charge >= 0.3 is 11.9 Å². The molecule has 11 heteroatoms. The number of halogens is 4. The number of Topliss-reactive ketones (excluding diaryl/α,β-unsaturated/α-hetero) is 1. The summed E-state index contributed by atoms with van der Waals surface area (Å²) in [6, 6.07) is 0. The monoisotopic (exact) mass is 381 g/mol. The first-order valence-electron chi connectivity index (χ1n) is 5.39. The molecule has 120 valence electrons. The Balaban J connectivity index is 4.47. The quantitative estimate of drug-likeness (QED) is 0.208. The van der Waals surface area contributed by atoms with Crippen LogP contribution in [0.1, 0.15) is 6.92 Å². The third-order valence-corrected chi connectivity index (χ3v) is 2.16. The van der Waals surface area contributed by atoms with E-state index in [0.29, 0.717) is 0 Å². The van der Waals surface area contributed by atoms with Crippen molar-refractivity contribution in [2.75, 3.05) is 25.7 Å². The van der Waals surface area contributed by atoms with E-state index < -0.39 is 46.3 Å². The standard InChI is InChI=1S/C10H11Cl4NO6/c1-2-19-9(18)8(6(16)3-11)15-21-4-7(17)20-5-10(12,13)14/h2-5H2,1H3/b15-8+. The number of alkyl halides is 4. The van der Waals surface area contributed by atoms with Crippen molar-refractivity contribution in [1.29, 1.82) is 0 Å². The molecule has 7 nitrogen and oxygen atoms in total. The lowest BCUT2D eigenvalue weighted by molar-refractivity contribution is -0.149. The van der Waals surface area contributed by atoms with E-state index in [2.05, 4.69) is 19.5 Å². The van der Waals surface area contributed by atoms with Crippen LogP contribution >= 0.6 is 46.4 Å². The zero-order chi connectivity index (χ0) is 16.5. The third-order valence-electron chi connectivity index (χ3n) is 1.59. The van der Waals surface area contributed by atoms with Gasteiger partial charge in [0, 0.05) is 0 Å². The number of esters is 2. The Bertz CT molecular complexity index is 420. The first kappa shape index (κ1) is 20.2. The molecule has 0 aliphatic carbocycles. The number of ketones is 1. The Hall–Kier alpha value is -0.760. The summed E-state index contributed by atoms with van der Waals surface area (Å²) < 4.78 is 7.35. The van der Waals surface area contributed by atoms with Crippen LogP contribution in [0.25, 0.3) is 0 Å². The van der Waals surface area contributed by atoms with E-state index in [1.54, 1.807) is 0 Å². The molecule has 0 saturated heterocycles. The van der Waals surface area contributed by atoms with Crippen molar-refractivity contribution in [3.63, 3.8) is 0 Å². The minimum Gasteiger partial charge on any atom is -0.461 e. The number of nitrogens with zero attached hydrogens (tertiary/aromatic N) is 1. The smallest absolute Gasteiger partial charge is 0.364 e. The van der Waals surface area contributed by atoms with Gasteiger partial charge in [0.25, 0.3) is 0 Å². The number of rotatable bonds is 8. The Morgan fingerprint density at radius 2 is 1.76 bits per heavy atom. The Labute approximate surface area is 140 Å². The van der Waals surface area contributed by atoms with Gasteiger partial charge in [0.15, 0.2) is 0 Å². The second kappa shape index (κ2) is 10.0.